The van der Waals surface area contributed by atoms with Gasteiger partial charge in [-0.3, -0.25) is 4.79 Å². The molecule has 1 aromatic heterocycles. The molecule has 0 amide bonds. The standard InChI is InChI=1S/C7H4ClF2IN2O/c8-5(14)4-2(11)1-3(6(9)10)13-7(4)12/h1,6H,(H2,12,13). The lowest BCUT2D eigenvalue weighted by Crippen LogP contribution is -2.06. The second kappa shape index (κ2) is 4.35. The lowest BCUT2D eigenvalue weighted by Gasteiger charge is -2.05. The van der Waals surface area contributed by atoms with Crippen molar-refractivity contribution in [1.82, 2.24) is 4.98 Å². The Morgan fingerprint density at radius 2 is 2.21 bits per heavy atom. The van der Waals surface area contributed by atoms with Crippen LogP contribution in [0.5, 0.6) is 0 Å². The molecule has 76 valence electrons. The first-order valence-corrected chi connectivity index (χ1v) is 4.83. The Balaban J connectivity index is 3.32. The molecule has 0 bridgehead atoms. The highest BCUT2D eigenvalue weighted by Gasteiger charge is 2.18. The summed E-state index contributed by atoms with van der Waals surface area (Å²) in [6, 6.07) is 1.08. The van der Waals surface area contributed by atoms with E-state index in [1.165, 1.54) is 0 Å². The Labute approximate surface area is 96.8 Å². The largest absolute Gasteiger partial charge is 0.383 e. The summed E-state index contributed by atoms with van der Waals surface area (Å²) in [5.41, 5.74) is 4.81. The van der Waals surface area contributed by atoms with E-state index in [-0.39, 0.29) is 15.0 Å². The molecule has 0 unspecified atom stereocenters. The van der Waals surface area contributed by atoms with E-state index in [4.69, 9.17) is 17.3 Å². The van der Waals surface area contributed by atoms with Crippen LogP contribution in [0, 0.1) is 3.57 Å². The molecule has 0 aliphatic rings. The highest BCUT2D eigenvalue weighted by Crippen LogP contribution is 2.25. The van der Waals surface area contributed by atoms with Crippen LogP contribution in [0.2, 0.25) is 0 Å². The summed E-state index contributed by atoms with van der Waals surface area (Å²) in [6.07, 6.45) is -2.72. The maximum Gasteiger partial charge on any atom is 0.280 e. The summed E-state index contributed by atoms with van der Waals surface area (Å²) in [6.45, 7) is 0. The summed E-state index contributed by atoms with van der Waals surface area (Å²) < 4.78 is 24.7. The fourth-order valence-electron chi connectivity index (χ4n) is 0.858. The number of anilines is 1. The van der Waals surface area contributed by atoms with Gasteiger partial charge in [0.2, 0.25) is 0 Å². The number of nitrogen functional groups attached to an aromatic ring is 1. The first kappa shape index (κ1) is 11.6. The molecule has 0 spiro atoms. The smallest absolute Gasteiger partial charge is 0.280 e. The van der Waals surface area contributed by atoms with Crippen LogP contribution in [0.3, 0.4) is 0 Å². The summed E-state index contributed by atoms with van der Waals surface area (Å²) in [5, 5.41) is -0.805. The molecule has 0 aromatic carbocycles. The second-order valence-corrected chi connectivity index (χ2v) is 3.87. The van der Waals surface area contributed by atoms with E-state index in [0.29, 0.717) is 0 Å². The number of hydrogen-bond donors (Lipinski definition) is 1. The highest BCUT2D eigenvalue weighted by atomic mass is 127. The number of alkyl halides is 2. The maximum absolute atomic E-state index is 12.2. The van der Waals surface area contributed by atoms with Crippen LogP contribution in [0.4, 0.5) is 14.6 Å². The monoisotopic (exact) mass is 332 g/mol. The molecule has 1 heterocycles. The molecule has 7 heteroatoms. The summed E-state index contributed by atoms with van der Waals surface area (Å²) in [5.74, 6) is -0.271. The number of rotatable bonds is 2. The van der Waals surface area contributed by atoms with Gasteiger partial charge in [-0.2, -0.15) is 0 Å². The van der Waals surface area contributed by atoms with Crippen LogP contribution < -0.4 is 5.73 Å². The third kappa shape index (κ3) is 2.30. The molecule has 2 N–H and O–H groups in total. The van der Waals surface area contributed by atoms with E-state index in [1.54, 1.807) is 22.6 Å². The number of carbonyl (C=O) groups is 1. The molecule has 0 aliphatic heterocycles. The van der Waals surface area contributed by atoms with Crippen molar-refractivity contribution in [3.8, 4) is 0 Å². The summed E-state index contributed by atoms with van der Waals surface area (Å²) in [4.78, 5) is 14.2. The van der Waals surface area contributed by atoms with E-state index in [9.17, 15) is 13.6 Å². The quantitative estimate of drug-likeness (QED) is 0.669. The van der Waals surface area contributed by atoms with Gasteiger partial charge in [-0.1, -0.05) is 0 Å². The van der Waals surface area contributed by atoms with E-state index >= 15 is 0 Å². The third-order valence-corrected chi connectivity index (χ3v) is 2.48. The minimum atomic E-state index is -2.72. The van der Waals surface area contributed by atoms with Crippen molar-refractivity contribution in [2.45, 2.75) is 6.43 Å². The van der Waals surface area contributed by atoms with E-state index in [1.807, 2.05) is 0 Å². The average Bonchev–Trinajstić information content (AvgIpc) is 2.01. The molecule has 1 aromatic rings. The van der Waals surface area contributed by atoms with Crippen molar-refractivity contribution in [2.75, 3.05) is 5.73 Å². The molecule has 14 heavy (non-hydrogen) atoms. The predicted octanol–water partition coefficient (Wildman–Crippen LogP) is 2.59. The van der Waals surface area contributed by atoms with Gasteiger partial charge < -0.3 is 5.73 Å². The summed E-state index contributed by atoms with van der Waals surface area (Å²) >= 11 is 6.90. The lowest BCUT2D eigenvalue weighted by molar-refractivity contribution is 0.108. The Kier molecular flexibility index (Phi) is 3.59. The Hall–Kier alpha value is -0.500. The molecular weight excluding hydrogens is 328 g/mol. The van der Waals surface area contributed by atoms with Gasteiger partial charge >= 0.3 is 0 Å². The fraction of sp³-hybridized carbons (Fsp3) is 0.143. The Bertz CT molecular complexity index is 363. The molecule has 0 saturated heterocycles. The van der Waals surface area contributed by atoms with Crippen LogP contribution in [0.25, 0.3) is 0 Å². The molecule has 3 nitrogen and oxygen atoms in total. The maximum atomic E-state index is 12.2. The topological polar surface area (TPSA) is 56.0 Å². The number of halogens is 4. The van der Waals surface area contributed by atoms with Crippen LogP contribution in [-0.4, -0.2) is 10.2 Å². The number of pyridine rings is 1. The van der Waals surface area contributed by atoms with Crippen LogP contribution in [0.15, 0.2) is 6.07 Å². The molecule has 0 radical (unpaired) electrons. The van der Waals surface area contributed by atoms with Crippen molar-refractivity contribution < 1.29 is 13.6 Å². The van der Waals surface area contributed by atoms with Gasteiger partial charge in [-0.25, -0.2) is 13.8 Å². The van der Waals surface area contributed by atoms with Crippen molar-refractivity contribution in [2.24, 2.45) is 0 Å². The molecule has 1 rings (SSSR count). The van der Waals surface area contributed by atoms with Crippen molar-refractivity contribution in [3.05, 3.63) is 20.9 Å². The number of hydrogen-bond acceptors (Lipinski definition) is 3. The van der Waals surface area contributed by atoms with Gasteiger partial charge in [0.25, 0.3) is 11.7 Å². The third-order valence-electron chi connectivity index (χ3n) is 1.44. The van der Waals surface area contributed by atoms with Gasteiger partial charge in [-0.15, -0.1) is 0 Å². The van der Waals surface area contributed by atoms with Crippen LogP contribution in [0.1, 0.15) is 22.5 Å². The number of nitrogens with two attached hydrogens (primary N) is 1. The number of carbonyl (C=O) groups excluding carboxylic acids is 1. The van der Waals surface area contributed by atoms with Gasteiger partial charge in [0.15, 0.2) is 0 Å². The highest BCUT2D eigenvalue weighted by molar-refractivity contribution is 14.1. The molecule has 0 fully saturated rings. The van der Waals surface area contributed by atoms with Crippen molar-refractivity contribution >= 4 is 45.3 Å². The van der Waals surface area contributed by atoms with Gasteiger partial charge in [-0.05, 0) is 40.3 Å². The predicted molar refractivity (Wildman–Crippen MR) is 56.5 cm³/mol. The first-order chi connectivity index (χ1) is 6.43. The zero-order valence-electron chi connectivity index (χ0n) is 6.60. The minimum Gasteiger partial charge on any atom is -0.383 e. The van der Waals surface area contributed by atoms with Crippen LogP contribution in [-0.2, 0) is 0 Å². The number of nitrogens with zero attached hydrogens (tertiary/aromatic N) is 1. The number of aromatic nitrogens is 1. The fourth-order valence-corrected chi connectivity index (χ4v) is 2.06. The zero-order chi connectivity index (χ0) is 10.9. The zero-order valence-corrected chi connectivity index (χ0v) is 9.51. The van der Waals surface area contributed by atoms with E-state index in [0.717, 1.165) is 6.07 Å². The molecule has 0 atom stereocenters. The van der Waals surface area contributed by atoms with Crippen molar-refractivity contribution in [1.29, 1.82) is 0 Å². The van der Waals surface area contributed by atoms with Crippen molar-refractivity contribution in [3.63, 3.8) is 0 Å². The molecule has 0 aliphatic carbocycles. The lowest BCUT2D eigenvalue weighted by atomic mass is 10.2. The van der Waals surface area contributed by atoms with Gasteiger partial charge in [0, 0.05) is 3.57 Å². The van der Waals surface area contributed by atoms with Gasteiger partial charge in [0.1, 0.15) is 11.5 Å². The van der Waals surface area contributed by atoms with E-state index < -0.39 is 17.4 Å². The Morgan fingerprint density at radius 3 is 2.57 bits per heavy atom. The van der Waals surface area contributed by atoms with Gasteiger partial charge in [0.05, 0.1) is 5.56 Å². The van der Waals surface area contributed by atoms with Crippen LogP contribution >= 0.6 is 34.2 Å². The second-order valence-electron chi connectivity index (χ2n) is 2.36. The minimum absolute atomic E-state index is 0.0309. The molecular formula is C7H4ClF2IN2O. The normalized spacial score (nSPS) is 10.6. The molecule has 0 saturated carbocycles. The average molecular weight is 332 g/mol. The summed E-state index contributed by atoms with van der Waals surface area (Å²) in [7, 11) is 0. The van der Waals surface area contributed by atoms with E-state index in [2.05, 4.69) is 4.98 Å². The SMILES string of the molecule is Nc1nc(C(F)F)cc(I)c1C(=O)Cl. The first-order valence-electron chi connectivity index (χ1n) is 3.37. The Morgan fingerprint density at radius 1 is 1.64 bits per heavy atom.